The summed E-state index contributed by atoms with van der Waals surface area (Å²) in [5.41, 5.74) is 3.83. The van der Waals surface area contributed by atoms with Gasteiger partial charge < -0.3 is 10.2 Å². The van der Waals surface area contributed by atoms with Crippen LogP contribution in [0.2, 0.25) is 0 Å². The number of anilines is 2. The Morgan fingerprint density at radius 2 is 1.81 bits per heavy atom. The number of nitro benzene ring substituents is 1. The Morgan fingerprint density at radius 3 is 2.48 bits per heavy atom. The summed E-state index contributed by atoms with van der Waals surface area (Å²) >= 11 is 0. The Bertz CT molecular complexity index is 939. The van der Waals surface area contributed by atoms with Gasteiger partial charge in [-0.15, -0.1) is 0 Å². The Labute approximate surface area is 157 Å². The number of hydrogen-bond acceptors (Lipinski definition) is 4. The molecule has 3 rings (SSSR count). The third-order valence-corrected chi connectivity index (χ3v) is 4.97. The maximum atomic E-state index is 12.6. The fraction of sp³-hybridized carbons (Fsp3) is 0.300. The van der Waals surface area contributed by atoms with Crippen LogP contribution in [0.3, 0.4) is 0 Å². The van der Waals surface area contributed by atoms with Crippen molar-refractivity contribution in [1.29, 1.82) is 0 Å². The van der Waals surface area contributed by atoms with Crippen molar-refractivity contribution in [3.63, 3.8) is 0 Å². The summed E-state index contributed by atoms with van der Waals surface area (Å²) in [5.74, 6) is -0.941. The van der Waals surface area contributed by atoms with Gasteiger partial charge in [0, 0.05) is 30.3 Å². The normalized spacial score (nSPS) is 16.5. The summed E-state index contributed by atoms with van der Waals surface area (Å²) in [7, 11) is 0. The molecule has 0 saturated carbocycles. The zero-order chi connectivity index (χ0) is 19.7. The minimum Gasteiger partial charge on any atom is -0.326 e. The summed E-state index contributed by atoms with van der Waals surface area (Å²) in [6, 6.07) is 10.3. The molecule has 1 saturated heterocycles. The van der Waals surface area contributed by atoms with Gasteiger partial charge in [-0.25, -0.2) is 0 Å². The van der Waals surface area contributed by atoms with E-state index in [2.05, 4.69) is 5.32 Å². The van der Waals surface area contributed by atoms with Crippen LogP contribution in [0.4, 0.5) is 17.1 Å². The number of rotatable bonds is 4. The third kappa shape index (κ3) is 3.81. The molecule has 2 amide bonds. The van der Waals surface area contributed by atoms with E-state index in [0.29, 0.717) is 16.9 Å². The smallest absolute Gasteiger partial charge is 0.274 e. The second kappa shape index (κ2) is 7.19. The van der Waals surface area contributed by atoms with E-state index in [4.69, 9.17) is 0 Å². The van der Waals surface area contributed by atoms with Crippen molar-refractivity contribution in [3.8, 4) is 0 Å². The van der Waals surface area contributed by atoms with E-state index in [1.807, 2.05) is 32.0 Å². The van der Waals surface area contributed by atoms with Crippen LogP contribution in [0.1, 0.15) is 23.1 Å². The van der Waals surface area contributed by atoms with E-state index in [9.17, 15) is 19.7 Å². The second-order valence-corrected chi connectivity index (χ2v) is 6.92. The van der Waals surface area contributed by atoms with Crippen LogP contribution in [-0.2, 0) is 9.59 Å². The number of amides is 2. The SMILES string of the molecule is Cc1ccc(NC(=O)[C@@H]2CC(=O)N(c3ccc(C)c([N+](=O)[O-])c3)C2)cc1C. The average Bonchev–Trinajstić information content (AvgIpc) is 3.00. The summed E-state index contributed by atoms with van der Waals surface area (Å²) in [6.45, 7) is 5.81. The molecule has 0 unspecified atom stereocenters. The van der Waals surface area contributed by atoms with E-state index < -0.39 is 10.8 Å². The van der Waals surface area contributed by atoms with Gasteiger partial charge in [0.25, 0.3) is 5.69 Å². The second-order valence-electron chi connectivity index (χ2n) is 6.92. The maximum Gasteiger partial charge on any atom is 0.274 e. The molecule has 1 fully saturated rings. The molecule has 0 bridgehead atoms. The van der Waals surface area contributed by atoms with Crippen molar-refractivity contribution in [2.45, 2.75) is 27.2 Å². The van der Waals surface area contributed by atoms with Crippen LogP contribution in [0.25, 0.3) is 0 Å². The molecular formula is C20H21N3O4. The van der Waals surface area contributed by atoms with Gasteiger partial charge in [-0.05, 0) is 50.1 Å². The zero-order valence-corrected chi connectivity index (χ0v) is 15.5. The van der Waals surface area contributed by atoms with Crippen molar-refractivity contribution in [2.24, 2.45) is 5.92 Å². The number of aryl methyl sites for hydroxylation is 3. The van der Waals surface area contributed by atoms with Crippen molar-refractivity contribution in [2.75, 3.05) is 16.8 Å². The zero-order valence-electron chi connectivity index (χ0n) is 15.5. The maximum absolute atomic E-state index is 12.6. The lowest BCUT2D eigenvalue weighted by Gasteiger charge is -2.17. The van der Waals surface area contributed by atoms with Gasteiger partial charge in [0.1, 0.15) is 0 Å². The lowest BCUT2D eigenvalue weighted by Crippen LogP contribution is -2.28. The van der Waals surface area contributed by atoms with Gasteiger partial charge in [-0.3, -0.25) is 19.7 Å². The summed E-state index contributed by atoms with van der Waals surface area (Å²) in [6.07, 6.45) is 0.0817. The molecule has 1 aliphatic rings. The number of nitro groups is 1. The highest BCUT2D eigenvalue weighted by Gasteiger charge is 2.35. The van der Waals surface area contributed by atoms with Crippen LogP contribution in [-0.4, -0.2) is 23.3 Å². The molecule has 0 radical (unpaired) electrons. The van der Waals surface area contributed by atoms with Gasteiger partial charge in [-0.1, -0.05) is 12.1 Å². The lowest BCUT2D eigenvalue weighted by atomic mass is 10.1. The van der Waals surface area contributed by atoms with Crippen molar-refractivity contribution >= 4 is 28.9 Å². The highest BCUT2D eigenvalue weighted by atomic mass is 16.6. The third-order valence-electron chi connectivity index (χ3n) is 4.97. The molecule has 0 aromatic heterocycles. The first-order chi connectivity index (χ1) is 12.8. The van der Waals surface area contributed by atoms with Gasteiger partial charge in [0.15, 0.2) is 0 Å². The van der Waals surface area contributed by atoms with Crippen LogP contribution in [0.5, 0.6) is 0 Å². The molecule has 0 aliphatic carbocycles. The summed E-state index contributed by atoms with van der Waals surface area (Å²) in [5, 5.41) is 14.0. The van der Waals surface area contributed by atoms with Crippen LogP contribution >= 0.6 is 0 Å². The number of benzene rings is 2. The van der Waals surface area contributed by atoms with Crippen LogP contribution in [0.15, 0.2) is 36.4 Å². The number of nitrogens with zero attached hydrogens (tertiary/aromatic N) is 2. The quantitative estimate of drug-likeness (QED) is 0.661. The first-order valence-electron chi connectivity index (χ1n) is 8.70. The highest BCUT2D eigenvalue weighted by molar-refractivity contribution is 6.03. The van der Waals surface area contributed by atoms with Crippen molar-refractivity contribution in [1.82, 2.24) is 0 Å². The van der Waals surface area contributed by atoms with Crippen LogP contribution < -0.4 is 10.2 Å². The molecule has 27 heavy (non-hydrogen) atoms. The first-order valence-corrected chi connectivity index (χ1v) is 8.70. The number of carbonyl (C=O) groups is 2. The minimum atomic E-state index is -0.500. The molecule has 140 valence electrons. The van der Waals surface area contributed by atoms with E-state index in [1.165, 1.54) is 11.0 Å². The molecular weight excluding hydrogens is 346 g/mol. The minimum absolute atomic E-state index is 0.0386. The van der Waals surface area contributed by atoms with E-state index >= 15 is 0 Å². The largest absolute Gasteiger partial charge is 0.326 e. The molecule has 1 N–H and O–H groups in total. The Kier molecular flexibility index (Phi) is 4.94. The summed E-state index contributed by atoms with van der Waals surface area (Å²) < 4.78 is 0. The van der Waals surface area contributed by atoms with Crippen molar-refractivity contribution < 1.29 is 14.5 Å². The van der Waals surface area contributed by atoms with Gasteiger partial charge >= 0.3 is 0 Å². The predicted octanol–water partition coefficient (Wildman–Crippen LogP) is 3.51. The average molecular weight is 367 g/mol. The molecule has 7 heteroatoms. The predicted molar refractivity (Wildman–Crippen MR) is 103 cm³/mol. The topological polar surface area (TPSA) is 92.6 Å². The molecule has 1 atom stereocenters. The molecule has 1 aliphatic heterocycles. The Morgan fingerprint density at radius 1 is 1.11 bits per heavy atom. The van der Waals surface area contributed by atoms with E-state index in [-0.39, 0.29) is 30.5 Å². The monoisotopic (exact) mass is 367 g/mol. The lowest BCUT2D eigenvalue weighted by molar-refractivity contribution is -0.385. The molecule has 1 heterocycles. The number of hydrogen-bond donors (Lipinski definition) is 1. The Balaban J connectivity index is 1.75. The molecule has 7 nitrogen and oxygen atoms in total. The summed E-state index contributed by atoms with van der Waals surface area (Å²) in [4.78, 5) is 37.1. The van der Waals surface area contributed by atoms with Gasteiger partial charge in [0.2, 0.25) is 11.8 Å². The number of carbonyl (C=O) groups excluding carboxylic acids is 2. The fourth-order valence-corrected chi connectivity index (χ4v) is 3.16. The first kappa shape index (κ1) is 18.6. The van der Waals surface area contributed by atoms with Gasteiger partial charge in [-0.2, -0.15) is 0 Å². The Hall–Kier alpha value is -3.22. The highest BCUT2D eigenvalue weighted by Crippen LogP contribution is 2.30. The fourth-order valence-electron chi connectivity index (χ4n) is 3.16. The molecule has 0 spiro atoms. The number of nitrogens with one attached hydrogen (secondary N) is 1. The molecule has 2 aromatic rings. The molecule has 2 aromatic carbocycles. The van der Waals surface area contributed by atoms with E-state index in [0.717, 1.165) is 11.1 Å². The van der Waals surface area contributed by atoms with Crippen LogP contribution in [0, 0.1) is 36.8 Å². The van der Waals surface area contributed by atoms with E-state index in [1.54, 1.807) is 19.1 Å². The van der Waals surface area contributed by atoms with Crippen molar-refractivity contribution in [3.05, 3.63) is 63.2 Å². The standard InChI is InChI=1S/C20H21N3O4/c1-12-4-6-16(8-14(12)3)21-20(25)15-9-19(24)22(11-15)17-7-5-13(2)18(10-17)23(26)27/h4-8,10,15H,9,11H2,1-3H3,(H,21,25)/t15-/m1/s1. The van der Waals surface area contributed by atoms with Gasteiger partial charge in [0.05, 0.1) is 16.5 Å².